The molecule has 0 saturated carbocycles. The van der Waals surface area contributed by atoms with E-state index in [9.17, 15) is 14.4 Å². The predicted octanol–water partition coefficient (Wildman–Crippen LogP) is 1.54. The predicted molar refractivity (Wildman–Crippen MR) is 91.8 cm³/mol. The highest BCUT2D eigenvalue weighted by atomic mass is 16.5. The molecular formula is C18H20N2O5. The summed E-state index contributed by atoms with van der Waals surface area (Å²) in [5, 5.41) is 3.33. The highest BCUT2D eigenvalue weighted by Crippen LogP contribution is 2.21. The summed E-state index contributed by atoms with van der Waals surface area (Å²) in [4.78, 5) is 37.9. The molecule has 0 bridgehead atoms. The van der Waals surface area contributed by atoms with E-state index in [2.05, 4.69) is 5.32 Å². The number of nitrogens with one attached hydrogen (secondary N) is 1. The van der Waals surface area contributed by atoms with Crippen LogP contribution in [0.1, 0.15) is 30.1 Å². The Morgan fingerprint density at radius 2 is 2.16 bits per heavy atom. The maximum Gasteiger partial charge on any atom is 0.349 e. The maximum absolute atomic E-state index is 12.6. The summed E-state index contributed by atoms with van der Waals surface area (Å²) in [6.07, 6.45) is 1.52. The molecule has 2 amide bonds. The van der Waals surface area contributed by atoms with Crippen molar-refractivity contribution in [1.29, 1.82) is 0 Å². The SMILES string of the molecule is CCCOc1ccc2cc(C(=O)N3CCCNC(=O)C3)c(=O)oc2c1. The van der Waals surface area contributed by atoms with Crippen molar-refractivity contribution in [3.8, 4) is 5.75 Å². The Balaban J connectivity index is 1.91. The standard InChI is InChI=1S/C18H20N2O5/c1-2-8-24-13-5-4-12-9-14(18(23)25-15(12)10-13)17(22)20-7-3-6-19-16(21)11-20/h4-5,9-10H,2-3,6-8,11H2,1H3,(H,19,21). The molecule has 7 heteroatoms. The van der Waals surface area contributed by atoms with Crippen molar-refractivity contribution < 1.29 is 18.7 Å². The molecule has 3 rings (SSSR count). The molecule has 132 valence electrons. The number of nitrogens with zero attached hydrogens (tertiary/aromatic N) is 1. The Morgan fingerprint density at radius 3 is 2.96 bits per heavy atom. The second-order valence-corrected chi connectivity index (χ2v) is 5.93. The van der Waals surface area contributed by atoms with Crippen molar-refractivity contribution in [2.24, 2.45) is 0 Å². The molecule has 0 aliphatic carbocycles. The fourth-order valence-corrected chi connectivity index (χ4v) is 2.70. The summed E-state index contributed by atoms with van der Waals surface area (Å²) in [5.74, 6) is -0.103. The molecule has 1 saturated heterocycles. The zero-order valence-electron chi connectivity index (χ0n) is 14.0. The van der Waals surface area contributed by atoms with E-state index in [1.807, 2.05) is 6.92 Å². The minimum absolute atomic E-state index is 0.0555. The normalized spacial score (nSPS) is 14.9. The molecular weight excluding hydrogens is 324 g/mol. The number of hydrogen-bond acceptors (Lipinski definition) is 5. The first-order valence-electron chi connectivity index (χ1n) is 8.35. The van der Waals surface area contributed by atoms with Gasteiger partial charge in [-0.05, 0) is 31.0 Å². The van der Waals surface area contributed by atoms with Crippen molar-refractivity contribution in [1.82, 2.24) is 10.2 Å². The lowest BCUT2D eigenvalue weighted by Gasteiger charge is -2.18. The van der Waals surface area contributed by atoms with Gasteiger partial charge in [0.05, 0.1) is 13.2 Å². The van der Waals surface area contributed by atoms with Crippen LogP contribution < -0.4 is 15.7 Å². The average molecular weight is 344 g/mol. The molecule has 7 nitrogen and oxygen atoms in total. The molecule has 0 radical (unpaired) electrons. The van der Waals surface area contributed by atoms with Gasteiger partial charge >= 0.3 is 5.63 Å². The summed E-state index contributed by atoms with van der Waals surface area (Å²) < 4.78 is 10.8. The molecule has 2 aromatic rings. The minimum Gasteiger partial charge on any atom is -0.493 e. The van der Waals surface area contributed by atoms with Gasteiger partial charge in [0.1, 0.15) is 16.9 Å². The van der Waals surface area contributed by atoms with Gasteiger partial charge in [-0.2, -0.15) is 0 Å². The van der Waals surface area contributed by atoms with E-state index >= 15 is 0 Å². The lowest BCUT2D eigenvalue weighted by atomic mass is 10.1. The van der Waals surface area contributed by atoms with Crippen LogP contribution in [0, 0.1) is 0 Å². The first-order chi connectivity index (χ1) is 12.1. The first-order valence-corrected chi connectivity index (χ1v) is 8.35. The van der Waals surface area contributed by atoms with Crippen LogP contribution in [0.4, 0.5) is 0 Å². The Bertz CT molecular complexity index is 858. The lowest BCUT2D eigenvalue weighted by Crippen LogP contribution is -2.39. The summed E-state index contributed by atoms with van der Waals surface area (Å²) in [7, 11) is 0. The summed E-state index contributed by atoms with van der Waals surface area (Å²) in [6, 6.07) is 6.66. The van der Waals surface area contributed by atoms with Crippen LogP contribution in [0.2, 0.25) is 0 Å². The molecule has 2 heterocycles. The minimum atomic E-state index is -0.713. The first kappa shape index (κ1) is 17.0. The van der Waals surface area contributed by atoms with Gasteiger partial charge < -0.3 is 19.4 Å². The third kappa shape index (κ3) is 3.81. The van der Waals surface area contributed by atoms with Crippen LogP contribution in [0.25, 0.3) is 11.0 Å². The molecule has 1 N–H and O–H groups in total. The number of benzene rings is 1. The van der Waals surface area contributed by atoms with Gasteiger partial charge in [0.2, 0.25) is 5.91 Å². The van der Waals surface area contributed by atoms with Crippen LogP contribution >= 0.6 is 0 Å². The molecule has 0 spiro atoms. The quantitative estimate of drug-likeness (QED) is 0.850. The fraction of sp³-hybridized carbons (Fsp3) is 0.389. The molecule has 1 aromatic heterocycles. The molecule has 1 aliphatic rings. The van der Waals surface area contributed by atoms with Gasteiger partial charge in [0, 0.05) is 24.5 Å². The molecule has 0 unspecified atom stereocenters. The van der Waals surface area contributed by atoms with Crippen molar-refractivity contribution in [2.45, 2.75) is 19.8 Å². The molecule has 1 aromatic carbocycles. The van der Waals surface area contributed by atoms with Crippen LogP contribution in [0.15, 0.2) is 33.5 Å². The van der Waals surface area contributed by atoms with E-state index in [1.165, 1.54) is 11.0 Å². The third-order valence-electron chi connectivity index (χ3n) is 3.96. The van der Waals surface area contributed by atoms with Crippen LogP contribution in [-0.2, 0) is 4.79 Å². The summed E-state index contributed by atoms with van der Waals surface area (Å²) >= 11 is 0. The van der Waals surface area contributed by atoms with E-state index in [0.717, 1.165) is 6.42 Å². The van der Waals surface area contributed by atoms with Gasteiger partial charge in [-0.3, -0.25) is 9.59 Å². The van der Waals surface area contributed by atoms with Crippen molar-refractivity contribution in [3.63, 3.8) is 0 Å². The van der Waals surface area contributed by atoms with Crippen LogP contribution in [0.5, 0.6) is 5.75 Å². The largest absolute Gasteiger partial charge is 0.493 e. The van der Waals surface area contributed by atoms with E-state index in [4.69, 9.17) is 9.15 Å². The number of fused-ring (bicyclic) bond motifs is 1. The van der Waals surface area contributed by atoms with E-state index in [0.29, 0.717) is 42.8 Å². The van der Waals surface area contributed by atoms with E-state index in [1.54, 1.807) is 18.2 Å². The van der Waals surface area contributed by atoms with Crippen LogP contribution in [0.3, 0.4) is 0 Å². The Kier molecular flexibility index (Phi) is 5.02. The van der Waals surface area contributed by atoms with Gasteiger partial charge in [-0.15, -0.1) is 0 Å². The molecule has 1 aliphatic heterocycles. The smallest absolute Gasteiger partial charge is 0.349 e. The average Bonchev–Trinajstić information content (AvgIpc) is 2.83. The molecule has 25 heavy (non-hydrogen) atoms. The van der Waals surface area contributed by atoms with Gasteiger partial charge in [-0.1, -0.05) is 6.92 Å². The van der Waals surface area contributed by atoms with Gasteiger partial charge in [0.15, 0.2) is 0 Å². The lowest BCUT2D eigenvalue weighted by molar-refractivity contribution is -0.121. The number of carbonyl (C=O) groups is 2. The zero-order chi connectivity index (χ0) is 17.8. The van der Waals surface area contributed by atoms with Gasteiger partial charge in [0.25, 0.3) is 5.91 Å². The van der Waals surface area contributed by atoms with E-state index < -0.39 is 11.5 Å². The molecule has 0 atom stereocenters. The Hall–Kier alpha value is -2.83. The highest BCUT2D eigenvalue weighted by Gasteiger charge is 2.24. The highest BCUT2D eigenvalue weighted by molar-refractivity contribution is 5.98. The maximum atomic E-state index is 12.6. The van der Waals surface area contributed by atoms with Gasteiger partial charge in [-0.25, -0.2) is 4.79 Å². The second kappa shape index (κ2) is 7.38. The van der Waals surface area contributed by atoms with E-state index in [-0.39, 0.29) is 18.0 Å². The van der Waals surface area contributed by atoms with Crippen molar-refractivity contribution in [3.05, 3.63) is 40.2 Å². The van der Waals surface area contributed by atoms with Crippen molar-refractivity contribution >= 4 is 22.8 Å². The fourth-order valence-electron chi connectivity index (χ4n) is 2.70. The number of rotatable bonds is 4. The zero-order valence-corrected chi connectivity index (χ0v) is 14.0. The Morgan fingerprint density at radius 1 is 1.32 bits per heavy atom. The molecule has 1 fully saturated rings. The number of carbonyl (C=O) groups excluding carboxylic acids is 2. The number of ether oxygens (including phenoxy) is 1. The monoisotopic (exact) mass is 344 g/mol. The third-order valence-corrected chi connectivity index (χ3v) is 3.96. The summed E-state index contributed by atoms with van der Waals surface area (Å²) in [5.41, 5.74) is -0.414. The number of hydrogen-bond donors (Lipinski definition) is 1. The second-order valence-electron chi connectivity index (χ2n) is 5.93. The number of amides is 2. The summed E-state index contributed by atoms with van der Waals surface area (Å²) in [6.45, 7) is 3.46. The van der Waals surface area contributed by atoms with Crippen LogP contribution in [-0.4, -0.2) is 43.0 Å². The van der Waals surface area contributed by atoms with Crippen molar-refractivity contribution in [2.75, 3.05) is 26.2 Å². The Labute approximate surface area is 144 Å². The topological polar surface area (TPSA) is 88.9 Å².